The Kier molecular flexibility index (Phi) is 10.1. The summed E-state index contributed by atoms with van der Waals surface area (Å²) in [5, 5.41) is 0. The number of benzene rings is 4. The molecule has 0 radical (unpaired) electrons. The minimum absolute atomic E-state index is 0.0775. The van der Waals surface area contributed by atoms with Gasteiger partial charge in [0.1, 0.15) is 28.8 Å². The third kappa shape index (κ3) is 8.37. The van der Waals surface area contributed by atoms with E-state index in [2.05, 4.69) is 16.4 Å². The summed E-state index contributed by atoms with van der Waals surface area (Å²) >= 11 is 0. The largest absolute Gasteiger partial charge is 0.459 e. The van der Waals surface area contributed by atoms with E-state index < -0.39 is 70.1 Å². The molecule has 0 bridgehead atoms. The maximum Gasteiger partial charge on any atom is 0.432 e. The molecule has 0 amide bonds. The fraction of sp³-hybridized carbons (Fsp3) is 0.212. The number of aryl methyl sites for hydroxylation is 1. The van der Waals surface area contributed by atoms with Gasteiger partial charge < -0.3 is 9.47 Å². The zero-order chi connectivity index (χ0) is 32.9. The fourth-order valence-electron chi connectivity index (χ4n) is 4.46. The smallest absolute Gasteiger partial charge is 0.432 e. The highest BCUT2D eigenvalue weighted by Gasteiger charge is 2.41. The quantitative estimate of drug-likeness (QED) is 0.0921. The number of ether oxygens (including phenoxy) is 2. The van der Waals surface area contributed by atoms with Gasteiger partial charge in [0.15, 0.2) is 17.4 Å². The van der Waals surface area contributed by atoms with E-state index in [1.54, 1.807) is 0 Å². The van der Waals surface area contributed by atoms with Crippen molar-refractivity contribution in [1.29, 1.82) is 0 Å². The summed E-state index contributed by atoms with van der Waals surface area (Å²) in [7, 11) is 0. The van der Waals surface area contributed by atoms with Gasteiger partial charge in [-0.15, -0.1) is 0 Å². The minimum Gasteiger partial charge on any atom is -0.459 e. The van der Waals surface area contributed by atoms with Crippen LogP contribution in [-0.2, 0) is 12.5 Å². The van der Waals surface area contributed by atoms with E-state index in [1.807, 2.05) is 24.3 Å². The third-order valence-electron chi connectivity index (χ3n) is 6.63. The number of hydrogen-bond donors (Lipinski definition) is 0. The van der Waals surface area contributed by atoms with Gasteiger partial charge in [0.05, 0.1) is 12.3 Å². The van der Waals surface area contributed by atoms with Gasteiger partial charge in [-0.25, -0.2) is 22.0 Å². The molecule has 0 saturated heterocycles. The molecule has 0 aliphatic carbocycles. The number of unbranched alkanes of at least 4 members (excludes halogenated alkanes) is 2. The average Bonchev–Trinajstić information content (AvgIpc) is 2.93. The zero-order valence-corrected chi connectivity index (χ0v) is 23.4. The topological polar surface area (TPSA) is 18.5 Å². The van der Waals surface area contributed by atoms with E-state index >= 15 is 4.39 Å². The number of halogens is 10. The molecular formula is C33H24F10O2. The standard InChI is InChI=1S/C33H24F10O2/c1-2-3-4-5-19-6-8-20(9-7-19)21-10-11-24(25(34)14-21)22-15-26(35)30(27(36)16-22)33(42,43)45-23-17-28(37)31(29(38)18-23)44-13-12-32(39,40)41/h6-18H,2-5H2,1H3/b13-12+. The summed E-state index contributed by atoms with van der Waals surface area (Å²) in [5.74, 6) is -10.7. The minimum atomic E-state index is -4.86. The fourth-order valence-corrected chi connectivity index (χ4v) is 4.46. The Morgan fingerprint density at radius 1 is 0.644 bits per heavy atom. The van der Waals surface area contributed by atoms with E-state index in [4.69, 9.17) is 0 Å². The lowest BCUT2D eigenvalue weighted by molar-refractivity contribution is -0.189. The molecule has 238 valence electrons. The van der Waals surface area contributed by atoms with Crippen LogP contribution in [0.15, 0.2) is 79.1 Å². The molecule has 0 atom stereocenters. The second-order valence-corrected chi connectivity index (χ2v) is 9.96. The van der Waals surface area contributed by atoms with Gasteiger partial charge >= 0.3 is 12.3 Å². The molecule has 0 aliphatic heterocycles. The Labute approximate surface area is 251 Å². The number of rotatable bonds is 11. The molecule has 0 aliphatic rings. The van der Waals surface area contributed by atoms with Crippen LogP contribution in [0, 0.1) is 29.1 Å². The van der Waals surface area contributed by atoms with Crippen molar-refractivity contribution in [3.05, 3.63) is 119 Å². The maximum absolute atomic E-state index is 15.1. The van der Waals surface area contributed by atoms with Crippen molar-refractivity contribution in [2.45, 2.75) is 44.9 Å². The molecule has 0 heterocycles. The lowest BCUT2D eigenvalue weighted by atomic mass is 9.97. The summed E-state index contributed by atoms with van der Waals surface area (Å²) in [6, 6.07) is 12.5. The van der Waals surface area contributed by atoms with Crippen molar-refractivity contribution >= 4 is 0 Å². The highest BCUT2D eigenvalue weighted by Crippen LogP contribution is 2.39. The molecule has 0 fully saturated rings. The lowest BCUT2D eigenvalue weighted by Crippen LogP contribution is -2.25. The molecular weight excluding hydrogens is 618 g/mol. The molecule has 12 heteroatoms. The normalized spacial score (nSPS) is 12.2. The van der Waals surface area contributed by atoms with Crippen molar-refractivity contribution in [2.24, 2.45) is 0 Å². The number of hydrogen-bond acceptors (Lipinski definition) is 2. The van der Waals surface area contributed by atoms with Crippen LogP contribution in [0.2, 0.25) is 0 Å². The van der Waals surface area contributed by atoms with Crippen molar-refractivity contribution in [1.82, 2.24) is 0 Å². The van der Waals surface area contributed by atoms with Crippen molar-refractivity contribution < 1.29 is 53.4 Å². The summed E-state index contributed by atoms with van der Waals surface area (Å²) in [6.45, 7) is 2.10. The monoisotopic (exact) mass is 642 g/mol. The molecule has 4 aromatic carbocycles. The summed E-state index contributed by atoms with van der Waals surface area (Å²) in [4.78, 5) is 0. The highest BCUT2D eigenvalue weighted by atomic mass is 19.4. The summed E-state index contributed by atoms with van der Waals surface area (Å²) in [6.07, 6.45) is -6.13. The SMILES string of the molecule is CCCCCc1ccc(-c2ccc(-c3cc(F)c(C(F)(F)Oc4cc(F)c(O/C=C/C(F)(F)F)c(F)c4)c(F)c3)c(F)c2)cc1. The Bertz CT molecular complexity index is 1630. The predicted octanol–water partition coefficient (Wildman–Crippen LogP) is 11.0. The van der Waals surface area contributed by atoms with Crippen LogP contribution in [0.1, 0.15) is 37.3 Å². The van der Waals surface area contributed by atoms with E-state index in [0.29, 0.717) is 23.3 Å². The van der Waals surface area contributed by atoms with E-state index in [0.717, 1.165) is 37.3 Å². The second kappa shape index (κ2) is 13.7. The molecule has 0 spiro atoms. The van der Waals surface area contributed by atoms with Gasteiger partial charge in [-0.2, -0.15) is 22.0 Å². The van der Waals surface area contributed by atoms with Crippen molar-refractivity contribution in [2.75, 3.05) is 0 Å². The maximum atomic E-state index is 15.1. The Hall–Kier alpha value is -4.48. The molecule has 0 saturated carbocycles. The van der Waals surface area contributed by atoms with Crippen molar-refractivity contribution in [3.63, 3.8) is 0 Å². The third-order valence-corrected chi connectivity index (χ3v) is 6.63. The Morgan fingerprint density at radius 2 is 1.22 bits per heavy atom. The van der Waals surface area contributed by atoms with Crippen LogP contribution in [-0.4, -0.2) is 6.18 Å². The van der Waals surface area contributed by atoms with Crippen molar-refractivity contribution in [3.8, 4) is 33.8 Å². The van der Waals surface area contributed by atoms with Gasteiger partial charge in [-0.1, -0.05) is 56.2 Å². The van der Waals surface area contributed by atoms with Crippen LogP contribution in [0.4, 0.5) is 43.9 Å². The molecule has 4 aromatic rings. The van der Waals surface area contributed by atoms with Crippen LogP contribution >= 0.6 is 0 Å². The van der Waals surface area contributed by atoms with Crippen LogP contribution in [0.3, 0.4) is 0 Å². The molecule has 0 N–H and O–H groups in total. The first-order chi connectivity index (χ1) is 21.2. The first kappa shape index (κ1) is 33.4. The summed E-state index contributed by atoms with van der Waals surface area (Å²) in [5.41, 5.74) is -0.352. The van der Waals surface area contributed by atoms with Crippen LogP contribution in [0.25, 0.3) is 22.3 Å². The molecule has 4 rings (SSSR count). The zero-order valence-electron chi connectivity index (χ0n) is 23.4. The first-order valence-corrected chi connectivity index (χ1v) is 13.5. The lowest BCUT2D eigenvalue weighted by Gasteiger charge is -2.20. The van der Waals surface area contributed by atoms with Gasteiger partial charge in [0, 0.05) is 17.7 Å². The number of allylic oxidation sites excluding steroid dienone is 1. The van der Waals surface area contributed by atoms with Gasteiger partial charge in [0.25, 0.3) is 0 Å². The number of alkyl halides is 5. The first-order valence-electron chi connectivity index (χ1n) is 13.5. The van der Waals surface area contributed by atoms with Gasteiger partial charge in [0.2, 0.25) is 0 Å². The Morgan fingerprint density at radius 3 is 1.78 bits per heavy atom. The highest BCUT2D eigenvalue weighted by molar-refractivity contribution is 5.71. The van der Waals surface area contributed by atoms with Gasteiger partial charge in [-0.3, -0.25) is 0 Å². The Balaban J connectivity index is 1.54. The molecule has 45 heavy (non-hydrogen) atoms. The van der Waals surface area contributed by atoms with E-state index in [1.165, 1.54) is 12.1 Å². The van der Waals surface area contributed by atoms with E-state index in [9.17, 15) is 39.5 Å². The molecule has 2 nitrogen and oxygen atoms in total. The predicted molar refractivity (Wildman–Crippen MR) is 147 cm³/mol. The molecule has 0 unspecified atom stereocenters. The van der Waals surface area contributed by atoms with Crippen LogP contribution < -0.4 is 9.47 Å². The summed E-state index contributed by atoms with van der Waals surface area (Å²) < 4.78 is 148. The second-order valence-electron chi connectivity index (χ2n) is 9.96. The van der Waals surface area contributed by atoms with Gasteiger partial charge in [-0.05, 0) is 53.3 Å². The van der Waals surface area contributed by atoms with Crippen LogP contribution in [0.5, 0.6) is 11.5 Å². The van der Waals surface area contributed by atoms with E-state index in [-0.39, 0.29) is 24.0 Å². The molecule has 0 aromatic heterocycles. The average molecular weight is 643 g/mol.